The molecule has 8 heteroatoms. The molecule has 1 aliphatic heterocycles. The molecule has 1 saturated heterocycles. The zero-order chi connectivity index (χ0) is 20.1. The molecule has 6 nitrogen and oxygen atoms in total. The van der Waals surface area contributed by atoms with Gasteiger partial charge in [0.15, 0.2) is 0 Å². The fourth-order valence-electron chi connectivity index (χ4n) is 3.27. The van der Waals surface area contributed by atoms with Crippen LogP contribution in [-0.2, 0) is 21.2 Å². The summed E-state index contributed by atoms with van der Waals surface area (Å²) in [6.07, 6.45) is 1.84. The Hall–Kier alpha value is -2.45. The maximum absolute atomic E-state index is 13.1. The normalized spacial score (nSPS) is 18.0. The molecule has 150 valence electrons. The summed E-state index contributed by atoms with van der Waals surface area (Å²) in [5.41, 5.74) is 0.988. The molecule has 0 aromatic heterocycles. The first kappa shape index (κ1) is 20.3. The van der Waals surface area contributed by atoms with Crippen LogP contribution in [0, 0.1) is 11.7 Å². The summed E-state index contributed by atoms with van der Waals surface area (Å²) in [5.74, 6) is -0.887. The van der Waals surface area contributed by atoms with Crippen LogP contribution in [0.25, 0.3) is 0 Å². The minimum Gasteiger partial charge on any atom is -0.508 e. The Balaban J connectivity index is 1.57. The number of benzene rings is 2. The minimum absolute atomic E-state index is 0.0299. The first-order valence-corrected chi connectivity index (χ1v) is 10.6. The van der Waals surface area contributed by atoms with Crippen molar-refractivity contribution in [1.82, 2.24) is 9.62 Å². The molecule has 1 fully saturated rings. The Morgan fingerprint density at radius 2 is 1.82 bits per heavy atom. The summed E-state index contributed by atoms with van der Waals surface area (Å²) in [6.45, 7) is 0.895. The average molecular weight is 406 g/mol. The van der Waals surface area contributed by atoms with Crippen LogP contribution < -0.4 is 5.32 Å². The number of phenols is 1. The first-order valence-electron chi connectivity index (χ1n) is 9.17. The monoisotopic (exact) mass is 406 g/mol. The Bertz CT molecular complexity index is 914. The molecular weight excluding hydrogens is 383 g/mol. The number of carbonyl (C=O) groups is 1. The van der Waals surface area contributed by atoms with Crippen molar-refractivity contribution >= 4 is 15.9 Å². The van der Waals surface area contributed by atoms with Gasteiger partial charge in [-0.05, 0) is 61.2 Å². The highest BCUT2D eigenvalue weighted by Gasteiger charge is 2.33. The molecule has 2 aromatic rings. The third kappa shape index (κ3) is 4.88. The number of amides is 1. The van der Waals surface area contributed by atoms with Crippen molar-refractivity contribution in [3.8, 4) is 5.75 Å². The largest absolute Gasteiger partial charge is 0.508 e. The molecule has 0 aliphatic carbocycles. The minimum atomic E-state index is -3.75. The fraction of sp³-hybridized carbons (Fsp3) is 0.350. The second-order valence-electron chi connectivity index (χ2n) is 6.86. The number of nitrogens with zero attached hydrogens (tertiary/aromatic N) is 1. The van der Waals surface area contributed by atoms with Gasteiger partial charge in [-0.15, -0.1) is 0 Å². The smallest absolute Gasteiger partial charge is 0.243 e. The molecule has 2 aromatic carbocycles. The Morgan fingerprint density at radius 3 is 2.50 bits per heavy atom. The van der Waals surface area contributed by atoms with Gasteiger partial charge in [-0.3, -0.25) is 4.79 Å². The number of nitrogens with one attached hydrogen (secondary N) is 1. The van der Waals surface area contributed by atoms with E-state index in [1.165, 1.54) is 16.4 Å². The van der Waals surface area contributed by atoms with E-state index in [2.05, 4.69) is 5.32 Å². The Morgan fingerprint density at radius 1 is 1.14 bits per heavy atom. The Kier molecular flexibility index (Phi) is 6.31. The molecule has 2 N–H and O–H groups in total. The van der Waals surface area contributed by atoms with Gasteiger partial charge in [-0.25, -0.2) is 12.8 Å². The van der Waals surface area contributed by atoms with Crippen LogP contribution in [0.1, 0.15) is 18.4 Å². The zero-order valence-corrected chi connectivity index (χ0v) is 16.2. The van der Waals surface area contributed by atoms with E-state index in [9.17, 15) is 22.7 Å². The van der Waals surface area contributed by atoms with Crippen molar-refractivity contribution in [2.45, 2.75) is 24.2 Å². The second kappa shape index (κ2) is 8.70. The highest BCUT2D eigenvalue weighted by molar-refractivity contribution is 7.89. The fourth-order valence-corrected chi connectivity index (χ4v) is 4.79. The van der Waals surface area contributed by atoms with Gasteiger partial charge < -0.3 is 10.4 Å². The summed E-state index contributed by atoms with van der Waals surface area (Å²) in [6, 6.07) is 11.5. The van der Waals surface area contributed by atoms with Crippen molar-refractivity contribution in [3.63, 3.8) is 0 Å². The van der Waals surface area contributed by atoms with E-state index in [1.54, 1.807) is 24.3 Å². The highest BCUT2D eigenvalue weighted by atomic mass is 32.2. The maximum atomic E-state index is 13.1. The number of phenolic OH excluding ortho intramolecular Hbond substituents is 1. The van der Waals surface area contributed by atoms with E-state index < -0.39 is 21.8 Å². The summed E-state index contributed by atoms with van der Waals surface area (Å²) in [4.78, 5) is 12.5. The van der Waals surface area contributed by atoms with Crippen molar-refractivity contribution in [2.75, 3.05) is 19.6 Å². The second-order valence-corrected chi connectivity index (χ2v) is 8.80. The number of rotatable bonds is 6. The lowest BCUT2D eigenvalue weighted by Gasteiger charge is -2.31. The highest BCUT2D eigenvalue weighted by Crippen LogP contribution is 2.24. The number of halogens is 1. The number of piperidine rings is 1. The van der Waals surface area contributed by atoms with Gasteiger partial charge in [-0.2, -0.15) is 4.31 Å². The van der Waals surface area contributed by atoms with E-state index in [0.29, 0.717) is 32.4 Å². The molecule has 3 rings (SSSR count). The number of aromatic hydroxyl groups is 1. The molecule has 0 saturated carbocycles. The van der Waals surface area contributed by atoms with Crippen LogP contribution in [0.2, 0.25) is 0 Å². The van der Waals surface area contributed by atoms with Gasteiger partial charge in [0, 0.05) is 19.6 Å². The molecule has 0 bridgehead atoms. The van der Waals surface area contributed by atoms with Crippen LogP contribution in [0.15, 0.2) is 53.4 Å². The van der Waals surface area contributed by atoms with Crippen molar-refractivity contribution in [1.29, 1.82) is 0 Å². The van der Waals surface area contributed by atoms with E-state index in [-0.39, 0.29) is 23.1 Å². The first-order chi connectivity index (χ1) is 13.4. The molecule has 1 aliphatic rings. The lowest BCUT2D eigenvalue weighted by molar-refractivity contribution is -0.126. The number of hydrogen-bond donors (Lipinski definition) is 2. The van der Waals surface area contributed by atoms with Crippen LogP contribution in [0.3, 0.4) is 0 Å². The Labute approximate surface area is 164 Å². The van der Waals surface area contributed by atoms with Crippen molar-refractivity contribution in [3.05, 3.63) is 59.9 Å². The standard InChI is InChI=1S/C20H23FN2O4S/c21-17-5-9-19(10-6-17)28(26,27)23-13-1-2-16(14-23)20(25)22-12-11-15-3-7-18(24)8-4-15/h3-10,16,24H,1-2,11-14H2,(H,22,25)/t16-/m0/s1. The summed E-state index contributed by atoms with van der Waals surface area (Å²) < 4.78 is 39.9. The topological polar surface area (TPSA) is 86.7 Å². The van der Waals surface area contributed by atoms with E-state index in [1.807, 2.05) is 0 Å². The van der Waals surface area contributed by atoms with Gasteiger partial charge in [-0.1, -0.05) is 12.1 Å². The number of sulfonamides is 1. The summed E-state index contributed by atoms with van der Waals surface area (Å²) in [7, 11) is -3.75. The van der Waals surface area contributed by atoms with Crippen LogP contribution in [0.5, 0.6) is 5.75 Å². The molecular formula is C20H23FN2O4S. The van der Waals surface area contributed by atoms with Crippen LogP contribution in [0.4, 0.5) is 4.39 Å². The van der Waals surface area contributed by atoms with Gasteiger partial charge in [0.1, 0.15) is 11.6 Å². The van der Waals surface area contributed by atoms with E-state index in [4.69, 9.17) is 0 Å². The van der Waals surface area contributed by atoms with E-state index >= 15 is 0 Å². The molecule has 1 heterocycles. The third-order valence-corrected chi connectivity index (χ3v) is 6.73. The molecule has 1 atom stereocenters. The molecule has 0 unspecified atom stereocenters. The third-order valence-electron chi connectivity index (χ3n) is 4.86. The quantitative estimate of drug-likeness (QED) is 0.771. The SMILES string of the molecule is O=C(NCCc1ccc(O)cc1)[C@H]1CCCN(S(=O)(=O)c2ccc(F)cc2)C1. The maximum Gasteiger partial charge on any atom is 0.243 e. The van der Waals surface area contributed by atoms with Crippen molar-refractivity contribution < 1.29 is 22.7 Å². The predicted molar refractivity (Wildman–Crippen MR) is 103 cm³/mol. The van der Waals surface area contributed by atoms with Crippen LogP contribution >= 0.6 is 0 Å². The number of carbonyl (C=O) groups excluding carboxylic acids is 1. The lowest BCUT2D eigenvalue weighted by Crippen LogP contribution is -2.45. The van der Waals surface area contributed by atoms with Crippen molar-refractivity contribution in [2.24, 2.45) is 5.92 Å². The van der Waals surface area contributed by atoms with Gasteiger partial charge >= 0.3 is 0 Å². The molecule has 0 spiro atoms. The zero-order valence-electron chi connectivity index (χ0n) is 15.3. The van der Waals surface area contributed by atoms with Gasteiger partial charge in [0.05, 0.1) is 10.8 Å². The van der Waals surface area contributed by atoms with E-state index in [0.717, 1.165) is 17.7 Å². The molecule has 0 radical (unpaired) electrons. The van der Waals surface area contributed by atoms with Gasteiger partial charge in [0.25, 0.3) is 0 Å². The number of hydrogen-bond acceptors (Lipinski definition) is 4. The van der Waals surface area contributed by atoms with Crippen LogP contribution in [-0.4, -0.2) is 43.4 Å². The van der Waals surface area contributed by atoms with Gasteiger partial charge in [0.2, 0.25) is 15.9 Å². The average Bonchev–Trinajstić information content (AvgIpc) is 2.70. The molecule has 28 heavy (non-hydrogen) atoms. The molecule has 1 amide bonds. The summed E-state index contributed by atoms with van der Waals surface area (Å²) in [5, 5.41) is 12.1. The predicted octanol–water partition coefficient (Wildman–Crippen LogP) is 2.29. The summed E-state index contributed by atoms with van der Waals surface area (Å²) >= 11 is 0. The lowest BCUT2D eigenvalue weighted by atomic mass is 9.99.